The maximum absolute atomic E-state index is 12.4. The number of para-hydroxylation sites is 1. The zero-order chi connectivity index (χ0) is 18.6. The molecule has 5 nitrogen and oxygen atoms in total. The number of fused-ring (bicyclic) bond motifs is 1. The van der Waals surface area contributed by atoms with E-state index < -0.39 is 0 Å². The maximum Gasteiger partial charge on any atom is 0.258 e. The van der Waals surface area contributed by atoms with Crippen LogP contribution in [-0.2, 0) is 5.75 Å². The Balaban J connectivity index is 1.51. The van der Waals surface area contributed by atoms with Gasteiger partial charge in [-0.2, -0.15) is 11.8 Å². The van der Waals surface area contributed by atoms with E-state index in [1.54, 1.807) is 0 Å². The molecule has 1 heterocycles. The molecule has 1 fully saturated rings. The van der Waals surface area contributed by atoms with Crippen molar-refractivity contribution in [2.45, 2.75) is 42.8 Å². The molecular formula is C21H23N3O2S. The molecule has 1 aliphatic rings. The van der Waals surface area contributed by atoms with Crippen LogP contribution < -0.4 is 10.9 Å². The topological polar surface area (TPSA) is 78.0 Å². The molecule has 1 aliphatic carbocycles. The van der Waals surface area contributed by atoms with Crippen molar-refractivity contribution < 1.29 is 5.11 Å². The number of rotatable bonds is 5. The van der Waals surface area contributed by atoms with E-state index in [9.17, 15) is 9.90 Å². The van der Waals surface area contributed by atoms with Crippen LogP contribution in [0.4, 0.5) is 11.4 Å². The van der Waals surface area contributed by atoms with Gasteiger partial charge >= 0.3 is 0 Å². The van der Waals surface area contributed by atoms with Crippen LogP contribution in [0.1, 0.15) is 31.5 Å². The molecule has 6 heteroatoms. The summed E-state index contributed by atoms with van der Waals surface area (Å²) in [5.74, 6) is 1.39. The van der Waals surface area contributed by atoms with Gasteiger partial charge in [-0.15, -0.1) is 0 Å². The van der Waals surface area contributed by atoms with Crippen LogP contribution in [-0.4, -0.2) is 26.4 Å². The van der Waals surface area contributed by atoms with Crippen LogP contribution in [0.2, 0.25) is 0 Å². The number of aromatic nitrogens is 2. The first kappa shape index (κ1) is 18.1. The molecule has 0 radical (unpaired) electrons. The molecule has 0 bridgehead atoms. The second-order valence-electron chi connectivity index (χ2n) is 6.98. The summed E-state index contributed by atoms with van der Waals surface area (Å²) in [5, 5.41) is 14.1. The van der Waals surface area contributed by atoms with Gasteiger partial charge in [-0.3, -0.25) is 4.79 Å². The minimum absolute atomic E-state index is 0.0964. The van der Waals surface area contributed by atoms with Crippen LogP contribution in [0.3, 0.4) is 0 Å². The van der Waals surface area contributed by atoms with Crippen molar-refractivity contribution in [2.24, 2.45) is 0 Å². The van der Waals surface area contributed by atoms with Crippen molar-refractivity contribution in [3.63, 3.8) is 0 Å². The van der Waals surface area contributed by atoms with Crippen molar-refractivity contribution in [2.75, 3.05) is 5.32 Å². The maximum atomic E-state index is 12.4. The van der Waals surface area contributed by atoms with Gasteiger partial charge in [-0.25, -0.2) is 4.98 Å². The summed E-state index contributed by atoms with van der Waals surface area (Å²) in [6, 6.07) is 15.6. The van der Waals surface area contributed by atoms with Gasteiger partial charge in [0.2, 0.25) is 0 Å². The predicted molar refractivity (Wildman–Crippen MR) is 112 cm³/mol. The Labute approximate surface area is 162 Å². The third kappa shape index (κ3) is 4.51. The quantitative estimate of drug-likeness (QED) is 0.617. The highest BCUT2D eigenvalue weighted by atomic mass is 32.2. The highest BCUT2D eigenvalue weighted by Gasteiger charge is 2.20. The highest BCUT2D eigenvalue weighted by molar-refractivity contribution is 7.99. The number of aliphatic hydroxyl groups excluding tert-OH is 1. The molecule has 1 saturated carbocycles. The molecule has 0 saturated heterocycles. The van der Waals surface area contributed by atoms with Gasteiger partial charge in [-0.05, 0) is 56.0 Å². The Morgan fingerprint density at radius 3 is 2.63 bits per heavy atom. The molecule has 27 heavy (non-hydrogen) atoms. The van der Waals surface area contributed by atoms with E-state index in [4.69, 9.17) is 0 Å². The molecule has 4 rings (SSSR count). The van der Waals surface area contributed by atoms with Gasteiger partial charge in [0.25, 0.3) is 5.56 Å². The molecule has 0 aliphatic heterocycles. The molecule has 1 aromatic heterocycles. The highest BCUT2D eigenvalue weighted by Crippen LogP contribution is 2.30. The second kappa shape index (κ2) is 8.15. The van der Waals surface area contributed by atoms with E-state index in [1.165, 1.54) is 0 Å². The van der Waals surface area contributed by atoms with Gasteiger partial charge in [0.05, 0.1) is 22.8 Å². The number of benzene rings is 2. The SMILES string of the molecule is O=c1[nH]c(CSC2CCC(O)CC2)nc2cc(Nc3ccccc3)ccc12. The summed E-state index contributed by atoms with van der Waals surface area (Å²) >= 11 is 1.82. The Morgan fingerprint density at radius 1 is 1.07 bits per heavy atom. The van der Waals surface area contributed by atoms with Crippen LogP contribution in [0, 0.1) is 0 Å². The van der Waals surface area contributed by atoms with Crippen LogP contribution in [0.15, 0.2) is 53.3 Å². The third-order valence-corrected chi connectivity index (χ3v) is 6.30. The lowest BCUT2D eigenvalue weighted by Gasteiger charge is -2.24. The normalized spacial score (nSPS) is 19.9. The van der Waals surface area contributed by atoms with Gasteiger partial charge in [0.15, 0.2) is 0 Å². The number of anilines is 2. The molecule has 3 aromatic rings. The van der Waals surface area contributed by atoms with E-state index in [0.717, 1.165) is 37.1 Å². The van der Waals surface area contributed by atoms with E-state index in [0.29, 0.717) is 27.7 Å². The molecule has 0 atom stereocenters. The van der Waals surface area contributed by atoms with E-state index in [1.807, 2.05) is 60.3 Å². The van der Waals surface area contributed by atoms with Crippen LogP contribution in [0.5, 0.6) is 0 Å². The summed E-state index contributed by atoms with van der Waals surface area (Å²) in [6.45, 7) is 0. The summed E-state index contributed by atoms with van der Waals surface area (Å²) in [5.41, 5.74) is 2.51. The lowest BCUT2D eigenvalue weighted by atomic mass is 9.97. The molecular weight excluding hydrogens is 358 g/mol. The Bertz CT molecular complexity index is 966. The zero-order valence-corrected chi connectivity index (χ0v) is 15.8. The lowest BCUT2D eigenvalue weighted by molar-refractivity contribution is 0.132. The predicted octanol–water partition coefficient (Wildman–Crippen LogP) is 4.20. The number of H-pyrrole nitrogens is 1. The van der Waals surface area contributed by atoms with E-state index >= 15 is 0 Å². The number of aromatic amines is 1. The van der Waals surface area contributed by atoms with E-state index in [2.05, 4.69) is 15.3 Å². The fourth-order valence-corrected chi connectivity index (χ4v) is 4.57. The molecule has 0 spiro atoms. The number of nitrogens with zero attached hydrogens (tertiary/aromatic N) is 1. The lowest BCUT2D eigenvalue weighted by Crippen LogP contribution is -2.20. The van der Waals surface area contributed by atoms with Crippen molar-refractivity contribution in [3.05, 3.63) is 64.7 Å². The molecule has 0 unspecified atom stereocenters. The second-order valence-corrected chi connectivity index (χ2v) is 8.27. The zero-order valence-electron chi connectivity index (χ0n) is 15.0. The van der Waals surface area contributed by atoms with Crippen molar-refractivity contribution in [3.8, 4) is 0 Å². The fourth-order valence-electron chi connectivity index (χ4n) is 3.43. The number of hydrogen-bond donors (Lipinski definition) is 3. The molecule has 2 aromatic carbocycles. The molecule has 3 N–H and O–H groups in total. The Morgan fingerprint density at radius 2 is 1.85 bits per heavy atom. The average Bonchev–Trinajstić information content (AvgIpc) is 2.68. The van der Waals surface area contributed by atoms with Gasteiger partial charge in [-0.1, -0.05) is 18.2 Å². The number of nitrogens with one attached hydrogen (secondary N) is 2. The Hall–Kier alpha value is -2.31. The minimum Gasteiger partial charge on any atom is -0.393 e. The summed E-state index contributed by atoms with van der Waals surface area (Å²) < 4.78 is 0. The first-order valence-corrected chi connectivity index (χ1v) is 10.4. The number of hydrogen-bond acceptors (Lipinski definition) is 5. The number of thioether (sulfide) groups is 1. The standard InChI is InChI=1S/C21H23N3O2S/c25-16-7-9-17(10-8-16)27-13-20-23-19-12-15(6-11-18(19)21(26)24-20)22-14-4-2-1-3-5-14/h1-6,11-12,16-17,22,25H,7-10,13H2,(H,23,24,26). The monoisotopic (exact) mass is 381 g/mol. The Kier molecular flexibility index (Phi) is 5.45. The van der Waals surface area contributed by atoms with Crippen molar-refractivity contribution >= 4 is 34.0 Å². The summed E-state index contributed by atoms with van der Waals surface area (Å²) in [6.07, 6.45) is 3.64. The van der Waals surface area contributed by atoms with Gasteiger partial charge in [0, 0.05) is 16.6 Å². The van der Waals surface area contributed by atoms with Crippen molar-refractivity contribution in [1.82, 2.24) is 9.97 Å². The largest absolute Gasteiger partial charge is 0.393 e. The van der Waals surface area contributed by atoms with E-state index in [-0.39, 0.29) is 11.7 Å². The average molecular weight is 382 g/mol. The molecule has 140 valence electrons. The fraction of sp³-hybridized carbons (Fsp3) is 0.333. The van der Waals surface area contributed by atoms with Gasteiger partial charge < -0.3 is 15.4 Å². The van der Waals surface area contributed by atoms with Gasteiger partial charge in [0.1, 0.15) is 5.82 Å². The van der Waals surface area contributed by atoms with Crippen LogP contribution in [0.25, 0.3) is 10.9 Å². The first-order chi connectivity index (χ1) is 13.2. The third-order valence-electron chi connectivity index (χ3n) is 4.92. The molecule has 0 amide bonds. The first-order valence-electron chi connectivity index (χ1n) is 9.32. The number of aliphatic hydroxyl groups is 1. The summed E-state index contributed by atoms with van der Waals surface area (Å²) in [4.78, 5) is 20.0. The van der Waals surface area contributed by atoms with Crippen molar-refractivity contribution in [1.29, 1.82) is 0 Å². The van der Waals surface area contributed by atoms with Crippen LogP contribution >= 0.6 is 11.8 Å². The smallest absolute Gasteiger partial charge is 0.258 e. The summed E-state index contributed by atoms with van der Waals surface area (Å²) in [7, 11) is 0. The minimum atomic E-state index is -0.143.